The van der Waals surface area contributed by atoms with Gasteiger partial charge in [0.25, 0.3) is 0 Å². The van der Waals surface area contributed by atoms with Crippen LogP contribution in [-0.4, -0.2) is 43.4 Å². The first-order chi connectivity index (χ1) is 12.2. The maximum atomic E-state index is 13.3. The molecule has 1 aliphatic heterocycles. The average molecular weight is 369 g/mol. The van der Waals surface area contributed by atoms with Crippen LogP contribution in [0, 0.1) is 6.92 Å². The molecule has 1 atom stereocenters. The van der Waals surface area contributed by atoms with Gasteiger partial charge in [0.05, 0.1) is 11.9 Å². The molecule has 0 bridgehead atoms. The SMILES string of the molecule is CCn1ncc(-c2cc(C(F)(F)F)nc(N3CCCC3C(=O)O)n2)c1C. The molecule has 3 heterocycles. The third-order valence-corrected chi connectivity index (χ3v) is 4.48. The molecule has 0 radical (unpaired) electrons. The number of halogens is 3. The highest BCUT2D eigenvalue weighted by Crippen LogP contribution is 2.34. The summed E-state index contributed by atoms with van der Waals surface area (Å²) in [5, 5.41) is 13.4. The summed E-state index contributed by atoms with van der Waals surface area (Å²) in [4.78, 5) is 20.5. The van der Waals surface area contributed by atoms with Gasteiger partial charge in [-0.05, 0) is 32.8 Å². The zero-order valence-electron chi connectivity index (χ0n) is 14.3. The summed E-state index contributed by atoms with van der Waals surface area (Å²) in [7, 11) is 0. The number of carbonyl (C=O) groups is 1. The van der Waals surface area contributed by atoms with Crippen molar-refractivity contribution >= 4 is 11.9 Å². The van der Waals surface area contributed by atoms with Gasteiger partial charge in [0.1, 0.15) is 6.04 Å². The highest BCUT2D eigenvalue weighted by Gasteiger charge is 2.37. The van der Waals surface area contributed by atoms with E-state index in [0.29, 0.717) is 37.2 Å². The molecule has 10 heteroatoms. The number of nitrogens with zero attached hydrogens (tertiary/aromatic N) is 5. The molecular weight excluding hydrogens is 351 g/mol. The lowest BCUT2D eigenvalue weighted by Crippen LogP contribution is -2.37. The molecule has 140 valence electrons. The van der Waals surface area contributed by atoms with Gasteiger partial charge in [0.15, 0.2) is 5.69 Å². The Balaban J connectivity index is 2.13. The van der Waals surface area contributed by atoms with Gasteiger partial charge < -0.3 is 10.0 Å². The van der Waals surface area contributed by atoms with Crippen molar-refractivity contribution in [2.24, 2.45) is 0 Å². The molecule has 0 amide bonds. The summed E-state index contributed by atoms with van der Waals surface area (Å²) in [6.45, 7) is 4.49. The van der Waals surface area contributed by atoms with E-state index in [1.165, 1.54) is 11.1 Å². The number of aromatic nitrogens is 4. The summed E-state index contributed by atoms with van der Waals surface area (Å²) in [5.74, 6) is -1.32. The molecule has 1 saturated heterocycles. The molecule has 3 rings (SSSR count). The molecule has 1 unspecified atom stereocenters. The van der Waals surface area contributed by atoms with E-state index in [1.54, 1.807) is 11.6 Å². The van der Waals surface area contributed by atoms with Crippen molar-refractivity contribution < 1.29 is 23.1 Å². The Morgan fingerprint density at radius 1 is 1.38 bits per heavy atom. The molecule has 1 aliphatic rings. The first-order valence-electron chi connectivity index (χ1n) is 8.21. The minimum Gasteiger partial charge on any atom is -0.480 e. The van der Waals surface area contributed by atoms with Gasteiger partial charge in [0.2, 0.25) is 5.95 Å². The number of carboxylic acid groups (broad SMARTS) is 1. The van der Waals surface area contributed by atoms with Gasteiger partial charge in [-0.25, -0.2) is 14.8 Å². The van der Waals surface area contributed by atoms with Gasteiger partial charge in [-0.2, -0.15) is 18.3 Å². The minimum atomic E-state index is -4.67. The van der Waals surface area contributed by atoms with Gasteiger partial charge in [-0.1, -0.05) is 0 Å². The van der Waals surface area contributed by atoms with Crippen molar-refractivity contribution in [1.82, 2.24) is 19.7 Å². The lowest BCUT2D eigenvalue weighted by Gasteiger charge is -2.22. The van der Waals surface area contributed by atoms with Crippen LogP contribution in [0.4, 0.5) is 19.1 Å². The van der Waals surface area contributed by atoms with Crippen molar-refractivity contribution in [3.63, 3.8) is 0 Å². The quantitative estimate of drug-likeness (QED) is 0.892. The predicted octanol–water partition coefficient (Wildman–Crippen LogP) is 2.74. The molecule has 1 N–H and O–H groups in total. The molecule has 7 nitrogen and oxygen atoms in total. The molecule has 0 spiro atoms. The fourth-order valence-electron chi connectivity index (χ4n) is 3.13. The zero-order chi connectivity index (χ0) is 19.1. The van der Waals surface area contributed by atoms with Crippen LogP contribution in [0.1, 0.15) is 31.2 Å². The second kappa shape index (κ2) is 6.58. The Hall–Kier alpha value is -2.65. The monoisotopic (exact) mass is 369 g/mol. The van der Waals surface area contributed by atoms with E-state index in [0.717, 1.165) is 6.07 Å². The van der Waals surface area contributed by atoms with Crippen LogP contribution in [0.5, 0.6) is 0 Å². The standard InChI is InChI=1S/C16H18F3N5O2/c1-3-24-9(2)10(8-20-24)11-7-13(16(17,18)19)22-15(21-11)23-6-4-5-12(23)14(25)26/h7-8,12H,3-6H2,1-2H3,(H,25,26). The predicted molar refractivity (Wildman–Crippen MR) is 86.7 cm³/mol. The van der Waals surface area contributed by atoms with E-state index in [4.69, 9.17) is 0 Å². The summed E-state index contributed by atoms with van der Waals surface area (Å²) >= 11 is 0. The lowest BCUT2D eigenvalue weighted by atomic mass is 10.1. The second-order valence-electron chi connectivity index (χ2n) is 6.09. The highest BCUT2D eigenvalue weighted by molar-refractivity contribution is 5.78. The summed E-state index contributed by atoms with van der Waals surface area (Å²) in [5.41, 5.74) is 0.126. The van der Waals surface area contributed by atoms with Crippen molar-refractivity contribution in [3.8, 4) is 11.3 Å². The van der Waals surface area contributed by atoms with E-state index in [1.807, 2.05) is 6.92 Å². The van der Waals surface area contributed by atoms with Crippen LogP contribution >= 0.6 is 0 Å². The topological polar surface area (TPSA) is 84.1 Å². The fourth-order valence-corrected chi connectivity index (χ4v) is 3.13. The number of aliphatic carboxylic acids is 1. The molecule has 1 fully saturated rings. The number of alkyl halides is 3. The highest BCUT2D eigenvalue weighted by atomic mass is 19.4. The fraction of sp³-hybridized carbons (Fsp3) is 0.500. The normalized spacial score (nSPS) is 17.7. The van der Waals surface area contributed by atoms with Crippen LogP contribution in [0.15, 0.2) is 12.3 Å². The summed E-state index contributed by atoms with van der Waals surface area (Å²) in [6.07, 6.45) is -2.31. The third kappa shape index (κ3) is 3.23. The molecule has 2 aromatic rings. The maximum Gasteiger partial charge on any atom is 0.433 e. The lowest BCUT2D eigenvalue weighted by molar-refractivity contribution is -0.141. The average Bonchev–Trinajstić information content (AvgIpc) is 3.20. The number of anilines is 1. The van der Waals surface area contributed by atoms with E-state index >= 15 is 0 Å². The van der Waals surface area contributed by atoms with Crippen LogP contribution in [0.3, 0.4) is 0 Å². The van der Waals surface area contributed by atoms with Crippen LogP contribution in [0.2, 0.25) is 0 Å². The maximum absolute atomic E-state index is 13.3. The van der Waals surface area contributed by atoms with E-state index in [9.17, 15) is 23.1 Å². The third-order valence-electron chi connectivity index (χ3n) is 4.48. The number of aryl methyl sites for hydroxylation is 1. The van der Waals surface area contributed by atoms with Gasteiger partial charge in [-0.15, -0.1) is 0 Å². The largest absolute Gasteiger partial charge is 0.480 e. The van der Waals surface area contributed by atoms with Crippen LogP contribution in [-0.2, 0) is 17.5 Å². The molecule has 26 heavy (non-hydrogen) atoms. The number of carboxylic acids is 1. The van der Waals surface area contributed by atoms with E-state index < -0.39 is 23.9 Å². The van der Waals surface area contributed by atoms with Crippen molar-refractivity contribution in [3.05, 3.63) is 23.7 Å². The van der Waals surface area contributed by atoms with Gasteiger partial charge in [-0.3, -0.25) is 4.68 Å². The Labute approximate surface area is 147 Å². The summed E-state index contributed by atoms with van der Waals surface area (Å²) in [6, 6.07) is -0.0508. The van der Waals surface area contributed by atoms with E-state index in [-0.39, 0.29) is 11.6 Å². The van der Waals surface area contributed by atoms with Gasteiger partial charge >= 0.3 is 12.1 Å². The van der Waals surface area contributed by atoms with Crippen LogP contribution in [0.25, 0.3) is 11.3 Å². The Kier molecular flexibility index (Phi) is 4.59. The number of hydrogen-bond acceptors (Lipinski definition) is 5. The zero-order valence-corrected chi connectivity index (χ0v) is 14.3. The van der Waals surface area contributed by atoms with Crippen molar-refractivity contribution in [2.45, 2.75) is 45.5 Å². The first-order valence-corrected chi connectivity index (χ1v) is 8.21. The Morgan fingerprint density at radius 3 is 2.69 bits per heavy atom. The van der Waals surface area contributed by atoms with Crippen molar-refractivity contribution in [2.75, 3.05) is 11.4 Å². The number of hydrogen-bond donors (Lipinski definition) is 1. The minimum absolute atomic E-state index is 0.0792. The smallest absolute Gasteiger partial charge is 0.433 e. The second-order valence-corrected chi connectivity index (χ2v) is 6.09. The molecule has 0 saturated carbocycles. The molecular formula is C16H18F3N5O2. The van der Waals surface area contributed by atoms with Gasteiger partial charge in [0, 0.05) is 24.3 Å². The first kappa shape index (κ1) is 18.2. The van der Waals surface area contributed by atoms with Crippen LogP contribution < -0.4 is 4.90 Å². The molecule has 2 aromatic heterocycles. The molecule has 0 aliphatic carbocycles. The Bertz CT molecular complexity index is 834. The van der Waals surface area contributed by atoms with Crippen molar-refractivity contribution in [1.29, 1.82) is 0 Å². The number of rotatable bonds is 4. The Morgan fingerprint density at radius 2 is 2.12 bits per heavy atom. The van der Waals surface area contributed by atoms with E-state index in [2.05, 4.69) is 15.1 Å². The summed E-state index contributed by atoms with van der Waals surface area (Å²) < 4.78 is 41.6. The molecule has 0 aromatic carbocycles.